The number of rotatable bonds is 3. The molecule has 1 aromatic rings. The molecule has 0 saturated heterocycles. The molecule has 0 bridgehead atoms. The highest BCUT2D eigenvalue weighted by Gasteiger charge is 2.00. The van der Waals surface area contributed by atoms with Crippen LogP contribution in [0.4, 0.5) is 11.4 Å². The van der Waals surface area contributed by atoms with Crippen LogP contribution in [0.1, 0.15) is 0 Å². The molecule has 16 heavy (non-hydrogen) atoms. The van der Waals surface area contributed by atoms with Crippen molar-refractivity contribution in [1.82, 2.24) is 5.32 Å². The molecule has 92 valence electrons. The number of nitrogen functional groups attached to an aromatic ring is 2. The van der Waals surface area contributed by atoms with E-state index in [9.17, 15) is 8.42 Å². The molecule has 0 amide bonds. The summed E-state index contributed by atoms with van der Waals surface area (Å²) in [5, 5.41) is 2.59. The Morgan fingerprint density at radius 3 is 2.00 bits per heavy atom. The summed E-state index contributed by atoms with van der Waals surface area (Å²) in [5.41, 5.74) is 12.2. The van der Waals surface area contributed by atoms with Crippen LogP contribution in [0, 0.1) is 0 Å². The second-order valence-corrected chi connectivity index (χ2v) is 4.63. The van der Waals surface area contributed by atoms with Crippen LogP contribution in [-0.4, -0.2) is 32.3 Å². The van der Waals surface area contributed by atoms with E-state index in [1.54, 1.807) is 25.2 Å². The van der Waals surface area contributed by atoms with Crippen LogP contribution in [0.5, 0.6) is 0 Å². The molecule has 6 nitrogen and oxygen atoms in total. The number of benzene rings is 1. The van der Waals surface area contributed by atoms with E-state index in [0.29, 0.717) is 17.9 Å². The van der Waals surface area contributed by atoms with Crippen molar-refractivity contribution in [2.45, 2.75) is 0 Å². The molecule has 0 aromatic heterocycles. The molecule has 1 aromatic carbocycles. The Morgan fingerprint density at radius 1 is 1.31 bits per heavy atom. The first kappa shape index (κ1) is 14.7. The quantitative estimate of drug-likeness (QED) is 0.439. The largest absolute Gasteiger partial charge is 0.399 e. The third-order valence-electron chi connectivity index (χ3n) is 1.52. The number of nitrogens with two attached hydrogens (primary N) is 2. The van der Waals surface area contributed by atoms with E-state index in [2.05, 4.69) is 5.32 Å². The molecule has 1 rings (SSSR count). The van der Waals surface area contributed by atoms with Crippen molar-refractivity contribution in [2.75, 3.05) is 30.8 Å². The summed E-state index contributed by atoms with van der Waals surface area (Å²) in [6, 6.07) is 7.15. The maximum Gasteiger partial charge on any atom is 0.266 e. The van der Waals surface area contributed by atoms with E-state index in [1.807, 2.05) is 6.07 Å². The monoisotopic (exact) mass is 247 g/mol. The zero-order valence-corrected chi connectivity index (χ0v) is 9.87. The van der Waals surface area contributed by atoms with E-state index in [-0.39, 0.29) is 5.75 Å². The van der Waals surface area contributed by atoms with Gasteiger partial charge in [-0.05, 0) is 25.2 Å². The van der Waals surface area contributed by atoms with Crippen molar-refractivity contribution in [3.05, 3.63) is 24.3 Å². The minimum atomic E-state index is -3.75. The Bertz CT molecular complexity index is 389. The van der Waals surface area contributed by atoms with Gasteiger partial charge in [-0.1, -0.05) is 6.07 Å². The maximum atomic E-state index is 9.91. The van der Waals surface area contributed by atoms with Crippen molar-refractivity contribution in [3.63, 3.8) is 0 Å². The molecule has 0 radical (unpaired) electrons. The molecular weight excluding hydrogens is 230 g/mol. The van der Waals surface area contributed by atoms with Crippen LogP contribution < -0.4 is 16.8 Å². The van der Waals surface area contributed by atoms with Gasteiger partial charge in [0, 0.05) is 17.9 Å². The Hall–Kier alpha value is -1.31. The van der Waals surface area contributed by atoms with E-state index in [1.165, 1.54) is 0 Å². The third kappa shape index (κ3) is 9.25. The van der Waals surface area contributed by atoms with Crippen molar-refractivity contribution < 1.29 is 13.0 Å². The van der Waals surface area contributed by atoms with Crippen LogP contribution in [0.15, 0.2) is 24.3 Å². The summed E-state index contributed by atoms with van der Waals surface area (Å²) in [5.74, 6) is -0.219. The zero-order chi connectivity index (χ0) is 12.6. The van der Waals surface area contributed by atoms with Crippen molar-refractivity contribution >= 4 is 21.5 Å². The molecule has 0 spiro atoms. The molecule has 7 heteroatoms. The molecule has 0 aliphatic carbocycles. The first-order valence-electron chi connectivity index (χ1n) is 4.56. The van der Waals surface area contributed by atoms with Gasteiger partial charge in [-0.3, -0.25) is 4.55 Å². The van der Waals surface area contributed by atoms with Crippen LogP contribution in [0.2, 0.25) is 0 Å². The number of anilines is 2. The van der Waals surface area contributed by atoms with Crippen LogP contribution in [0.25, 0.3) is 0 Å². The Balaban J connectivity index is 0.000000281. The molecule has 6 N–H and O–H groups in total. The zero-order valence-electron chi connectivity index (χ0n) is 9.05. The average molecular weight is 247 g/mol. The van der Waals surface area contributed by atoms with Gasteiger partial charge in [-0.15, -0.1) is 0 Å². The predicted molar refractivity (Wildman–Crippen MR) is 65.6 cm³/mol. The summed E-state index contributed by atoms with van der Waals surface area (Å²) in [6.45, 7) is 0.291. The highest BCUT2D eigenvalue weighted by atomic mass is 32.2. The van der Waals surface area contributed by atoms with Gasteiger partial charge in [0.1, 0.15) is 0 Å². The van der Waals surface area contributed by atoms with Gasteiger partial charge in [0.2, 0.25) is 0 Å². The fourth-order valence-electron chi connectivity index (χ4n) is 0.790. The van der Waals surface area contributed by atoms with Crippen LogP contribution >= 0.6 is 0 Å². The van der Waals surface area contributed by atoms with Gasteiger partial charge >= 0.3 is 0 Å². The van der Waals surface area contributed by atoms with Gasteiger partial charge in [0.05, 0.1) is 5.75 Å². The van der Waals surface area contributed by atoms with Crippen molar-refractivity contribution in [1.29, 1.82) is 0 Å². The molecule has 0 unspecified atom stereocenters. The van der Waals surface area contributed by atoms with Gasteiger partial charge in [-0.2, -0.15) is 8.42 Å². The average Bonchev–Trinajstić information content (AvgIpc) is 2.14. The SMILES string of the molecule is CNCCS(=O)(=O)O.Nc1cccc(N)c1. The van der Waals surface area contributed by atoms with E-state index >= 15 is 0 Å². The molecule has 0 heterocycles. The van der Waals surface area contributed by atoms with Gasteiger partial charge in [0.15, 0.2) is 0 Å². The predicted octanol–water partition coefficient (Wildman–Crippen LogP) is -0.0554. The lowest BCUT2D eigenvalue weighted by atomic mass is 10.3. The second-order valence-electron chi connectivity index (χ2n) is 3.06. The number of hydrogen-bond acceptors (Lipinski definition) is 5. The summed E-state index contributed by atoms with van der Waals surface area (Å²) in [6.07, 6.45) is 0. The Morgan fingerprint density at radius 2 is 1.81 bits per heavy atom. The van der Waals surface area contributed by atoms with E-state index < -0.39 is 10.1 Å². The standard InChI is InChI=1S/C6H8N2.C3H9NO3S/c7-5-2-1-3-6(8)4-5;1-4-2-3-8(5,6)7/h1-4H,7-8H2;4H,2-3H2,1H3,(H,5,6,7). The van der Waals surface area contributed by atoms with Gasteiger partial charge in [-0.25, -0.2) is 0 Å². The van der Waals surface area contributed by atoms with E-state index in [4.69, 9.17) is 16.0 Å². The number of nitrogens with one attached hydrogen (secondary N) is 1. The Kier molecular flexibility index (Phi) is 6.47. The van der Waals surface area contributed by atoms with Gasteiger partial charge < -0.3 is 16.8 Å². The van der Waals surface area contributed by atoms with Crippen LogP contribution in [-0.2, 0) is 10.1 Å². The maximum absolute atomic E-state index is 9.91. The molecule has 0 fully saturated rings. The Labute approximate surface area is 95.4 Å². The summed E-state index contributed by atoms with van der Waals surface area (Å²) in [4.78, 5) is 0. The highest BCUT2D eigenvalue weighted by Crippen LogP contribution is 2.06. The minimum absolute atomic E-state index is 0.219. The van der Waals surface area contributed by atoms with Gasteiger partial charge in [0.25, 0.3) is 10.1 Å². The molecule has 0 aliphatic rings. The molecular formula is C9H17N3O3S. The first-order valence-corrected chi connectivity index (χ1v) is 6.17. The van der Waals surface area contributed by atoms with Crippen molar-refractivity contribution in [2.24, 2.45) is 0 Å². The fourth-order valence-corrected chi connectivity index (χ4v) is 1.25. The lowest BCUT2D eigenvalue weighted by Gasteiger charge is -1.92. The molecule has 0 atom stereocenters. The number of hydrogen-bond donors (Lipinski definition) is 4. The summed E-state index contributed by atoms with van der Waals surface area (Å²) < 4.78 is 27.9. The topological polar surface area (TPSA) is 118 Å². The van der Waals surface area contributed by atoms with Crippen LogP contribution in [0.3, 0.4) is 0 Å². The summed E-state index contributed by atoms with van der Waals surface area (Å²) in [7, 11) is -2.13. The van der Waals surface area contributed by atoms with Crippen molar-refractivity contribution in [3.8, 4) is 0 Å². The molecule has 0 saturated carbocycles. The van der Waals surface area contributed by atoms with E-state index in [0.717, 1.165) is 0 Å². The normalized spacial score (nSPS) is 10.4. The minimum Gasteiger partial charge on any atom is -0.399 e. The smallest absolute Gasteiger partial charge is 0.266 e. The fraction of sp³-hybridized carbons (Fsp3) is 0.333. The molecule has 0 aliphatic heterocycles. The lowest BCUT2D eigenvalue weighted by Crippen LogP contribution is -2.18. The first-order chi connectivity index (χ1) is 7.35. The lowest BCUT2D eigenvalue weighted by molar-refractivity contribution is 0.482. The highest BCUT2D eigenvalue weighted by molar-refractivity contribution is 7.85. The second kappa shape index (κ2) is 7.04. The summed E-state index contributed by atoms with van der Waals surface area (Å²) >= 11 is 0. The third-order valence-corrected chi connectivity index (χ3v) is 2.24.